The minimum Gasteiger partial charge on any atom is -0.383 e. The summed E-state index contributed by atoms with van der Waals surface area (Å²) in [6, 6.07) is 16.4. The van der Waals surface area contributed by atoms with Crippen molar-refractivity contribution in [3.05, 3.63) is 54.9 Å². The molecule has 0 saturated heterocycles. The largest absolute Gasteiger partial charge is 0.383 e. The molecule has 0 aliphatic rings. The molecule has 0 aliphatic carbocycles. The standard InChI is InChI=1S/C16H17N3O/c1-20-11-10-17-13-6-8-14(9-7-13)19-12-18-15-4-2-3-5-16(15)19/h2-9,12,17H,10-11H2,1H3. The third-order valence-corrected chi connectivity index (χ3v) is 3.23. The Morgan fingerprint density at radius 1 is 1.10 bits per heavy atom. The van der Waals surface area contributed by atoms with Gasteiger partial charge in [0.15, 0.2) is 0 Å². The summed E-state index contributed by atoms with van der Waals surface area (Å²) in [5, 5.41) is 3.31. The van der Waals surface area contributed by atoms with Crippen molar-refractivity contribution in [1.82, 2.24) is 9.55 Å². The lowest BCUT2D eigenvalue weighted by molar-refractivity contribution is 0.211. The van der Waals surface area contributed by atoms with Crippen molar-refractivity contribution in [2.24, 2.45) is 0 Å². The monoisotopic (exact) mass is 267 g/mol. The van der Waals surface area contributed by atoms with Gasteiger partial charge in [-0.2, -0.15) is 0 Å². The van der Waals surface area contributed by atoms with Gasteiger partial charge in [0.25, 0.3) is 0 Å². The Balaban J connectivity index is 1.84. The molecule has 20 heavy (non-hydrogen) atoms. The Morgan fingerprint density at radius 2 is 1.90 bits per heavy atom. The number of para-hydroxylation sites is 2. The highest BCUT2D eigenvalue weighted by atomic mass is 16.5. The number of rotatable bonds is 5. The molecular weight excluding hydrogens is 250 g/mol. The maximum absolute atomic E-state index is 5.02. The number of hydrogen-bond donors (Lipinski definition) is 1. The summed E-state index contributed by atoms with van der Waals surface area (Å²) in [7, 11) is 1.70. The second-order valence-corrected chi connectivity index (χ2v) is 4.57. The van der Waals surface area contributed by atoms with Crippen LogP contribution in [-0.4, -0.2) is 29.8 Å². The maximum atomic E-state index is 5.02. The SMILES string of the molecule is COCCNc1ccc(-n2cnc3ccccc32)cc1. The summed E-state index contributed by atoms with van der Waals surface area (Å²) in [5.41, 5.74) is 4.33. The van der Waals surface area contributed by atoms with E-state index in [0.29, 0.717) is 6.61 Å². The highest BCUT2D eigenvalue weighted by molar-refractivity contribution is 5.77. The Morgan fingerprint density at radius 3 is 2.70 bits per heavy atom. The van der Waals surface area contributed by atoms with E-state index in [1.54, 1.807) is 7.11 Å². The van der Waals surface area contributed by atoms with Crippen LogP contribution >= 0.6 is 0 Å². The van der Waals surface area contributed by atoms with E-state index in [4.69, 9.17) is 4.74 Å². The summed E-state index contributed by atoms with van der Waals surface area (Å²) in [6.45, 7) is 1.51. The van der Waals surface area contributed by atoms with E-state index in [9.17, 15) is 0 Å². The molecule has 0 spiro atoms. The van der Waals surface area contributed by atoms with E-state index in [2.05, 4.69) is 45.2 Å². The summed E-state index contributed by atoms with van der Waals surface area (Å²) in [6.07, 6.45) is 1.86. The van der Waals surface area contributed by atoms with Gasteiger partial charge in [-0.25, -0.2) is 4.98 Å². The van der Waals surface area contributed by atoms with Crippen molar-refractivity contribution in [2.75, 3.05) is 25.6 Å². The molecule has 102 valence electrons. The smallest absolute Gasteiger partial charge is 0.100 e. The van der Waals surface area contributed by atoms with Crippen LogP contribution in [0.4, 0.5) is 5.69 Å². The van der Waals surface area contributed by atoms with E-state index in [-0.39, 0.29) is 0 Å². The van der Waals surface area contributed by atoms with Crippen LogP contribution in [-0.2, 0) is 4.74 Å². The molecule has 0 saturated carbocycles. The molecule has 1 heterocycles. The van der Waals surface area contributed by atoms with Gasteiger partial charge in [0, 0.05) is 25.0 Å². The third-order valence-electron chi connectivity index (χ3n) is 3.23. The van der Waals surface area contributed by atoms with E-state index < -0.39 is 0 Å². The summed E-state index contributed by atoms with van der Waals surface area (Å²) in [5.74, 6) is 0. The van der Waals surface area contributed by atoms with Crippen LogP contribution in [0.15, 0.2) is 54.9 Å². The van der Waals surface area contributed by atoms with Crippen molar-refractivity contribution in [3.63, 3.8) is 0 Å². The van der Waals surface area contributed by atoms with Crippen molar-refractivity contribution in [1.29, 1.82) is 0 Å². The first-order valence-electron chi connectivity index (χ1n) is 6.64. The van der Waals surface area contributed by atoms with E-state index in [1.165, 1.54) is 0 Å². The topological polar surface area (TPSA) is 39.1 Å². The van der Waals surface area contributed by atoms with E-state index in [1.807, 2.05) is 24.5 Å². The van der Waals surface area contributed by atoms with Gasteiger partial charge < -0.3 is 10.1 Å². The number of fused-ring (bicyclic) bond motifs is 1. The van der Waals surface area contributed by atoms with Crippen molar-refractivity contribution in [3.8, 4) is 5.69 Å². The van der Waals surface area contributed by atoms with Crippen molar-refractivity contribution in [2.45, 2.75) is 0 Å². The van der Waals surface area contributed by atoms with Crippen LogP contribution in [0.5, 0.6) is 0 Å². The lowest BCUT2D eigenvalue weighted by atomic mass is 10.2. The minimum atomic E-state index is 0.702. The third kappa shape index (κ3) is 2.51. The fourth-order valence-corrected chi connectivity index (χ4v) is 2.20. The van der Waals surface area contributed by atoms with Crippen LogP contribution in [0.2, 0.25) is 0 Å². The first-order chi connectivity index (χ1) is 9.88. The Bertz CT molecular complexity index is 688. The van der Waals surface area contributed by atoms with Crippen LogP contribution in [0, 0.1) is 0 Å². The van der Waals surface area contributed by atoms with E-state index in [0.717, 1.165) is 29.0 Å². The zero-order valence-electron chi connectivity index (χ0n) is 11.4. The van der Waals surface area contributed by atoms with Gasteiger partial charge in [0.2, 0.25) is 0 Å². The normalized spacial score (nSPS) is 10.8. The highest BCUT2D eigenvalue weighted by Gasteiger charge is 2.03. The predicted octanol–water partition coefficient (Wildman–Crippen LogP) is 3.08. The van der Waals surface area contributed by atoms with Crippen LogP contribution < -0.4 is 5.32 Å². The molecule has 4 heteroatoms. The van der Waals surface area contributed by atoms with Gasteiger partial charge in [-0.05, 0) is 36.4 Å². The Hall–Kier alpha value is -2.33. The number of nitrogens with one attached hydrogen (secondary N) is 1. The quantitative estimate of drug-likeness (QED) is 0.722. The molecule has 0 bridgehead atoms. The van der Waals surface area contributed by atoms with Gasteiger partial charge in [-0.15, -0.1) is 0 Å². The maximum Gasteiger partial charge on any atom is 0.100 e. The zero-order chi connectivity index (χ0) is 13.8. The van der Waals surface area contributed by atoms with Gasteiger partial charge >= 0.3 is 0 Å². The van der Waals surface area contributed by atoms with Gasteiger partial charge in [-0.1, -0.05) is 12.1 Å². The molecule has 2 aromatic carbocycles. The van der Waals surface area contributed by atoms with Crippen LogP contribution in [0.25, 0.3) is 16.7 Å². The summed E-state index contributed by atoms with van der Waals surface area (Å²) < 4.78 is 7.11. The van der Waals surface area contributed by atoms with Gasteiger partial charge in [0.1, 0.15) is 6.33 Å². The molecule has 1 aromatic heterocycles. The second-order valence-electron chi connectivity index (χ2n) is 4.57. The Labute approximate surface area is 118 Å². The molecule has 3 aromatic rings. The minimum absolute atomic E-state index is 0.702. The molecule has 0 aliphatic heterocycles. The summed E-state index contributed by atoms with van der Waals surface area (Å²) >= 11 is 0. The average molecular weight is 267 g/mol. The molecular formula is C16H17N3O. The predicted molar refractivity (Wildman–Crippen MR) is 81.4 cm³/mol. The van der Waals surface area contributed by atoms with E-state index >= 15 is 0 Å². The Kier molecular flexibility index (Phi) is 3.65. The first-order valence-corrected chi connectivity index (χ1v) is 6.64. The fourth-order valence-electron chi connectivity index (χ4n) is 2.20. The highest BCUT2D eigenvalue weighted by Crippen LogP contribution is 2.19. The first kappa shape index (κ1) is 12.7. The molecule has 0 atom stereocenters. The molecule has 4 nitrogen and oxygen atoms in total. The number of benzene rings is 2. The molecule has 3 rings (SSSR count). The lowest BCUT2D eigenvalue weighted by Gasteiger charge is -2.08. The average Bonchev–Trinajstić information content (AvgIpc) is 2.92. The molecule has 0 fully saturated rings. The second kappa shape index (κ2) is 5.75. The number of nitrogens with zero attached hydrogens (tertiary/aromatic N) is 2. The zero-order valence-corrected chi connectivity index (χ0v) is 11.4. The van der Waals surface area contributed by atoms with Gasteiger partial charge in [0.05, 0.1) is 17.6 Å². The van der Waals surface area contributed by atoms with Gasteiger partial charge in [-0.3, -0.25) is 4.57 Å². The number of hydrogen-bond acceptors (Lipinski definition) is 3. The number of methoxy groups -OCH3 is 1. The summed E-state index contributed by atoms with van der Waals surface area (Å²) in [4.78, 5) is 4.41. The van der Waals surface area contributed by atoms with Crippen molar-refractivity contribution >= 4 is 16.7 Å². The number of ether oxygens (including phenoxy) is 1. The van der Waals surface area contributed by atoms with Crippen molar-refractivity contribution < 1.29 is 4.74 Å². The number of aromatic nitrogens is 2. The molecule has 1 N–H and O–H groups in total. The van der Waals surface area contributed by atoms with Crippen LogP contribution in [0.1, 0.15) is 0 Å². The molecule has 0 unspecified atom stereocenters. The molecule has 0 amide bonds. The number of anilines is 1. The van der Waals surface area contributed by atoms with Crippen LogP contribution in [0.3, 0.4) is 0 Å². The molecule has 0 radical (unpaired) electrons. The number of imidazole rings is 1. The fraction of sp³-hybridized carbons (Fsp3) is 0.188. The lowest BCUT2D eigenvalue weighted by Crippen LogP contribution is -2.07.